The summed E-state index contributed by atoms with van der Waals surface area (Å²) in [6, 6.07) is 0. The van der Waals surface area contributed by atoms with Crippen LogP contribution in [0, 0.1) is 0 Å². The molecule has 17 heavy (non-hydrogen) atoms. The standard InChI is InChI=1S/C6H13O8P.2Na.2H/c7-3-2(1-15(11,12)13)14-6(10)5(9)4(3)8;;;;/h2-10H,1H2,(H2,11,12,13);;;;/t2-,3-,4+,5+,6+;;;;/m1..../s1. The van der Waals surface area contributed by atoms with Crippen molar-refractivity contribution in [3.8, 4) is 0 Å². The second-order valence-corrected chi connectivity index (χ2v) is 5.08. The van der Waals surface area contributed by atoms with Crippen LogP contribution in [0.15, 0.2) is 0 Å². The second-order valence-electron chi connectivity index (χ2n) is 3.38. The van der Waals surface area contributed by atoms with Crippen LogP contribution in [0.25, 0.3) is 0 Å². The third-order valence-corrected chi connectivity index (χ3v) is 2.94. The van der Waals surface area contributed by atoms with Gasteiger partial charge in [-0.3, -0.25) is 4.57 Å². The number of hydrogen-bond acceptors (Lipinski definition) is 6. The molecule has 6 N–H and O–H groups in total. The second kappa shape index (κ2) is 8.28. The molecule has 8 nitrogen and oxygen atoms in total. The summed E-state index contributed by atoms with van der Waals surface area (Å²) in [7, 11) is -4.43. The van der Waals surface area contributed by atoms with Crippen molar-refractivity contribution in [2.75, 3.05) is 6.16 Å². The zero-order valence-electron chi connectivity index (χ0n) is 7.54. The fourth-order valence-corrected chi connectivity index (χ4v) is 2.09. The molecule has 1 rings (SSSR count). The van der Waals surface area contributed by atoms with Crippen molar-refractivity contribution in [1.82, 2.24) is 0 Å². The van der Waals surface area contributed by atoms with Gasteiger partial charge in [-0.05, 0) is 0 Å². The maximum absolute atomic E-state index is 10.6. The Bertz CT molecular complexity index is 273. The zero-order valence-corrected chi connectivity index (χ0v) is 8.44. The summed E-state index contributed by atoms with van der Waals surface area (Å²) in [5.41, 5.74) is 0. The van der Waals surface area contributed by atoms with Crippen LogP contribution in [0.1, 0.15) is 0 Å². The van der Waals surface area contributed by atoms with Gasteiger partial charge in [0, 0.05) is 0 Å². The van der Waals surface area contributed by atoms with Gasteiger partial charge in [-0.2, -0.15) is 0 Å². The van der Waals surface area contributed by atoms with Crippen molar-refractivity contribution >= 4 is 66.7 Å². The number of ether oxygens (including phenoxy) is 1. The van der Waals surface area contributed by atoms with Gasteiger partial charge in [-0.1, -0.05) is 0 Å². The molecule has 0 aromatic rings. The van der Waals surface area contributed by atoms with Gasteiger partial charge in [0.2, 0.25) is 0 Å². The SMILES string of the molecule is O=P(O)(O)C[C@H]1O[C@H](O)[C@@H](O)[C@@H](O)[C@@H]1O.[NaH].[NaH]. The number of aliphatic hydroxyl groups excluding tert-OH is 4. The van der Waals surface area contributed by atoms with Crippen molar-refractivity contribution in [1.29, 1.82) is 0 Å². The van der Waals surface area contributed by atoms with Crippen molar-refractivity contribution in [2.45, 2.75) is 30.7 Å². The molecule has 0 bridgehead atoms. The van der Waals surface area contributed by atoms with Crippen LogP contribution in [0.5, 0.6) is 0 Å². The molecule has 0 radical (unpaired) electrons. The zero-order chi connectivity index (χ0) is 11.8. The summed E-state index contributed by atoms with van der Waals surface area (Å²) >= 11 is 0. The molecule has 0 aromatic carbocycles. The Morgan fingerprint density at radius 1 is 0.941 bits per heavy atom. The topological polar surface area (TPSA) is 148 Å². The van der Waals surface area contributed by atoms with Crippen molar-refractivity contribution < 1.29 is 39.5 Å². The van der Waals surface area contributed by atoms with E-state index in [0.29, 0.717) is 0 Å². The van der Waals surface area contributed by atoms with E-state index >= 15 is 0 Å². The van der Waals surface area contributed by atoms with Gasteiger partial charge in [0.05, 0.1) is 6.16 Å². The number of rotatable bonds is 2. The maximum atomic E-state index is 10.6. The molecule has 1 aliphatic rings. The van der Waals surface area contributed by atoms with Gasteiger partial charge in [0.1, 0.15) is 24.4 Å². The molecular formula is C6H15Na2O8P. The van der Waals surface area contributed by atoms with Gasteiger partial charge in [0.15, 0.2) is 6.29 Å². The van der Waals surface area contributed by atoms with Gasteiger partial charge >= 0.3 is 66.7 Å². The first-order valence-electron chi connectivity index (χ1n) is 4.14. The van der Waals surface area contributed by atoms with Crippen LogP contribution in [0.2, 0.25) is 0 Å². The first kappa shape index (κ1) is 21.3. The van der Waals surface area contributed by atoms with E-state index in [1.54, 1.807) is 0 Å². The summed E-state index contributed by atoms with van der Waals surface area (Å²) < 4.78 is 15.2. The van der Waals surface area contributed by atoms with Crippen LogP contribution in [0.4, 0.5) is 0 Å². The van der Waals surface area contributed by atoms with Crippen molar-refractivity contribution in [2.24, 2.45) is 0 Å². The Hall–Kier alpha value is 1.95. The average Bonchev–Trinajstić information content (AvgIpc) is 2.08. The monoisotopic (exact) mass is 292 g/mol. The van der Waals surface area contributed by atoms with Crippen LogP contribution >= 0.6 is 7.60 Å². The molecule has 11 heteroatoms. The van der Waals surface area contributed by atoms with E-state index in [4.69, 9.17) is 20.0 Å². The Morgan fingerprint density at radius 2 is 1.41 bits per heavy atom. The minimum absolute atomic E-state index is 0. The van der Waals surface area contributed by atoms with Crippen LogP contribution < -0.4 is 0 Å². The van der Waals surface area contributed by atoms with Gasteiger partial charge in [-0.25, -0.2) is 0 Å². The summed E-state index contributed by atoms with van der Waals surface area (Å²) in [5.74, 6) is 0. The molecule has 1 aliphatic heterocycles. The molecule has 0 unspecified atom stereocenters. The normalized spacial score (nSPS) is 37.9. The molecule has 0 aliphatic carbocycles. The van der Waals surface area contributed by atoms with E-state index in [-0.39, 0.29) is 59.1 Å². The van der Waals surface area contributed by atoms with Crippen LogP contribution in [0.3, 0.4) is 0 Å². The molecule has 0 aromatic heterocycles. The van der Waals surface area contributed by atoms with E-state index in [0.717, 1.165) is 0 Å². The fraction of sp³-hybridized carbons (Fsp3) is 1.00. The molecule has 1 heterocycles. The molecular weight excluding hydrogens is 277 g/mol. The van der Waals surface area contributed by atoms with E-state index in [9.17, 15) is 14.8 Å². The van der Waals surface area contributed by atoms with E-state index in [2.05, 4.69) is 4.74 Å². The Labute approximate surface area is 142 Å². The number of aliphatic hydroxyl groups is 4. The number of hydrogen-bond donors (Lipinski definition) is 6. The van der Waals surface area contributed by atoms with Gasteiger partial charge in [0.25, 0.3) is 0 Å². The molecule has 1 saturated heterocycles. The summed E-state index contributed by atoms with van der Waals surface area (Å²) in [6.07, 6.45) is -9.09. The fourth-order valence-electron chi connectivity index (χ4n) is 1.32. The van der Waals surface area contributed by atoms with Crippen molar-refractivity contribution in [3.63, 3.8) is 0 Å². The predicted octanol–water partition coefficient (Wildman–Crippen LogP) is -4.33. The van der Waals surface area contributed by atoms with Gasteiger partial charge < -0.3 is 34.9 Å². The van der Waals surface area contributed by atoms with Crippen LogP contribution in [-0.4, -0.2) is 126 Å². The third-order valence-electron chi connectivity index (χ3n) is 2.10. The first-order chi connectivity index (χ1) is 6.72. The quantitative estimate of drug-likeness (QED) is 0.221. The Balaban J connectivity index is 0. The predicted molar refractivity (Wildman–Crippen MR) is 60.1 cm³/mol. The molecule has 1 fully saturated rings. The van der Waals surface area contributed by atoms with E-state index in [1.165, 1.54) is 0 Å². The minimum atomic E-state index is -4.43. The van der Waals surface area contributed by atoms with E-state index in [1.807, 2.05) is 0 Å². The summed E-state index contributed by atoms with van der Waals surface area (Å²) in [4.78, 5) is 17.2. The summed E-state index contributed by atoms with van der Waals surface area (Å²) in [6.45, 7) is 0. The molecule has 0 amide bonds. The molecule has 5 atom stereocenters. The average molecular weight is 292 g/mol. The van der Waals surface area contributed by atoms with Gasteiger partial charge in [-0.15, -0.1) is 0 Å². The molecule has 0 saturated carbocycles. The third kappa shape index (κ3) is 6.29. The Morgan fingerprint density at radius 3 is 1.82 bits per heavy atom. The molecule has 0 spiro atoms. The van der Waals surface area contributed by atoms with Crippen LogP contribution in [-0.2, 0) is 9.30 Å². The van der Waals surface area contributed by atoms with Crippen molar-refractivity contribution in [3.05, 3.63) is 0 Å². The Kier molecular flexibility index (Phi) is 10.4. The summed E-state index contributed by atoms with van der Waals surface area (Å²) in [5, 5.41) is 36.6. The molecule has 94 valence electrons. The first-order valence-corrected chi connectivity index (χ1v) is 5.94. The van der Waals surface area contributed by atoms with E-state index < -0.39 is 44.5 Å².